The number of ketones is 1. The van der Waals surface area contributed by atoms with E-state index >= 15 is 0 Å². The first kappa shape index (κ1) is 23.6. The van der Waals surface area contributed by atoms with E-state index in [1.54, 1.807) is 6.33 Å². The van der Waals surface area contributed by atoms with Crippen LogP contribution in [0.15, 0.2) is 127 Å². The van der Waals surface area contributed by atoms with Crippen molar-refractivity contribution in [3.8, 4) is 0 Å². The summed E-state index contributed by atoms with van der Waals surface area (Å²) in [6.07, 6.45) is 1.91. The van der Waals surface area contributed by atoms with E-state index in [2.05, 4.69) is 51.8 Å². The van der Waals surface area contributed by atoms with Crippen LogP contribution in [-0.2, 0) is 0 Å². The van der Waals surface area contributed by atoms with E-state index in [0.29, 0.717) is 12.4 Å². The van der Waals surface area contributed by atoms with Crippen molar-refractivity contribution in [2.24, 2.45) is 0 Å². The summed E-state index contributed by atoms with van der Waals surface area (Å²) in [6.45, 7) is 2.03. The van der Waals surface area contributed by atoms with Crippen LogP contribution in [0.1, 0.15) is 51.0 Å². The third kappa shape index (κ3) is 4.55. The molecule has 2 unspecified atom stereocenters. The first-order valence-electron chi connectivity index (χ1n) is 12.8. The van der Waals surface area contributed by atoms with Crippen molar-refractivity contribution in [1.29, 1.82) is 0 Å². The largest absolute Gasteiger partial charge is 0.324 e. The number of Topliss-reactive ketones (excluding diaryl/α,β-unsaturated/α-hetero) is 1. The van der Waals surface area contributed by atoms with Crippen molar-refractivity contribution in [3.05, 3.63) is 155 Å². The number of aromatic nitrogens is 3. The predicted octanol–water partition coefficient (Wildman–Crippen LogP) is 7.07. The first-order valence-corrected chi connectivity index (χ1v) is 12.8. The van der Waals surface area contributed by atoms with Gasteiger partial charge in [-0.05, 0) is 29.2 Å². The van der Waals surface area contributed by atoms with Gasteiger partial charge in [-0.15, -0.1) is 0 Å². The van der Waals surface area contributed by atoms with Crippen molar-refractivity contribution in [2.45, 2.75) is 25.3 Å². The third-order valence-corrected chi connectivity index (χ3v) is 7.16. The number of hydrogen-bond donors (Lipinski definition) is 1. The number of allylic oxidation sites excluding steroid dienone is 1. The Kier molecular flexibility index (Phi) is 6.40. The molecule has 38 heavy (non-hydrogen) atoms. The minimum Gasteiger partial charge on any atom is -0.324 e. The molecule has 4 aromatic carbocycles. The summed E-state index contributed by atoms with van der Waals surface area (Å²) in [5.41, 5.74) is 7.13. The normalized spacial score (nSPS) is 15.4. The van der Waals surface area contributed by atoms with Gasteiger partial charge in [-0.3, -0.25) is 4.79 Å². The Bertz CT molecular complexity index is 1570. The number of anilines is 1. The number of carbonyl (C=O) groups is 1. The second-order valence-corrected chi connectivity index (χ2v) is 9.62. The van der Waals surface area contributed by atoms with E-state index < -0.39 is 0 Å². The van der Waals surface area contributed by atoms with Gasteiger partial charge in [-0.2, -0.15) is 10.1 Å². The van der Waals surface area contributed by atoms with Crippen LogP contribution >= 0.6 is 0 Å². The van der Waals surface area contributed by atoms with Gasteiger partial charge in [0.25, 0.3) is 0 Å². The summed E-state index contributed by atoms with van der Waals surface area (Å²) in [6, 6.07) is 38.5. The Balaban J connectivity index is 1.58. The van der Waals surface area contributed by atoms with Gasteiger partial charge < -0.3 is 5.32 Å². The monoisotopic (exact) mass is 496 g/mol. The second-order valence-electron chi connectivity index (χ2n) is 9.62. The van der Waals surface area contributed by atoms with Gasteiger partial charge in [-0.1, -0.05) is 121 Å². The Hall–Kier alpha value is -4.77. The van der Waals surface area contributed by atoms with E-state index in [9.17, 15) is 4.79 Å². The van der Waals surface area contributed by atoms with E-state index in [1.165, 1.54) is 0 Å². The van der Waals surface area contributed by atoms with Crippen LogP contribution in [-0.4, -0.2) is 20.5 Å². The molecule has 0 fully saturated rings. The zero-order chi connectivity index (χ0) is 25.9. The fourth-order valence-corrected chi connectivity index (χ4v) is 5.28. The van der Waals surface area contributed by atoms with Gasteiger partial charge in [-0.25, -0.2) is 4.68 Å². The number of nitrogens with one attached hydrogen (secondary N) is 1. The highest BCUT2D eigenvalue weighted by molar-refractivity contribution is 5.97. The number of rotatable bonds is 7. The van der Waals surface area contributed by atoms with Crippen molar-refractivity contribution in [3.63, 3.8) is 0 Å². The number of fused-ring (bicyclic) bond motifs is 1. The molecule has 1 aliphatic rings. The lowest BCUT2D eigenvalue weighted by atomic mass is 9.77. The van der Waals surface area contributed by atoms with E-state index in [-0.39, 0.29) is 17.7 Å². The molecule has 2 atom stereocenters. The lowest BCUT2D eigenvalue weighted by Crippen LogP contribution is -2.29. The number of nitrogens with zero attached hydrogens (tertiary/aromatic N) is 3. The van der Waals surface area contributed by atoms with Crippen molar-refractivity contribution in [2.75, 3.05) is 5.32 Å². The Morgan fingerprint density at radius 3 is 2.16 bits per heavy atom. The van der Waals surface area contributed by atoms with E-state index in [4.69, 9.17) is 0 Å². The van der Waals surface area contributed by atoms with Gasteiger partial charge >= 0.3 is 0 Å². The molecule has 6 rings (SSSR count). The third-order valence-electron chi connectivity index (χ3n) is 7.16. The summed E-state index contributed by atoms with van der Waals surface area (Å²) in [5, 5.41) is 8.21. The Morgan fingerprint density at radius 2 is 1.47 bits per heavy atom. The molecule has 0 radical (unpaired) electrons. The number of carbonyl (C=O) groups excluding carboxylic acids is 1. The van der Waals surface area contributed by atoms with Crippen molar-refractivity contribution >= 4 is 17.4 Å². The van der Waals surface area contributed by atoms with Gasteiger partial charge in [0.15, 0.2) is 5.78 Å². The number of aryl methyl sites for hydroxylation is 1. The molecule has 1 aliphatic heterocycles. The summed E-state index contributed by atoms with van der Waals surface area (Å²) >= 11 is 0. The van der Waals surface area contributed by atoms with E-state index in [0.717, 1.165) is 39.1 Å². The summed E-state index contributed by atoms with van der Waals surface area (Å²) in [5.74, 6) is 0.586. The number of benzene rings is 4. The molecule has 5 nitrogen and oxygen atoms in total. The molecule has 5 aromatic rings. The first-order chi connectivity index (χ1) is 18.7. The molecule has 0 spiro atoms. The molecule has 0 saturated carbocycles. The second kappa shape index (κ2) is 10.3. The molecule has 1 N–H and O–H groups in total. The van der Waals surface area contributed by atoms with Gasteiger partial charge in [0.1, 0.15) is 12.4 Å². The van der Waals surface area contributed by atoms with Crippen LogP contribution in [0.2, 0.25) is 0 Å². The molecule has 1 aromatic heterocycles. The average Bonchev–Trinajstić information content (AvgIpc) is 3.45. The molecular weight excluding hydrogens is 468 g/mol. The highest BCUT2D eigenvalue weighted by atomic mass is 16.1. The highest BCUT2D eigenvalue weighted by Gasteiger charge is 2.37. The molecule has 5 heteroatoms. The average molecular weight is 497 g/mol. The lowest BCUT2D eigenvalue weighted by Gasteiger charge is -2.35. The molecule has 0 amide bonds. The van der Waals surface area contributed by atoms with Gasteiger partial charge in [0, 0.05) is 17.9 Å². The minimum atomic E-state index is -0.235. The molecule has 0 bridgehead atoms. The highest BCUT2D eigenvalue weighted by Crippen LogP contribution is 2.46. The Morgan fingerprint density at radius 1 is 0.842 bits per heavy atom. The molecule has 0 aliphatic carbocycles. The zero-order valence-corrected chi connectivity index (χ0v) is 21.2. The standard InChI is InChI=1S/C33H28N4O/c1-23-17-19-25(20-18-23)29(38)21-28(24-11-5-2-6-12-24)30-31(26-13-7-3-8-14-26)36-33-34-22-35-37(33)32(30)27-15-9-4-10-16-27/h2-20,22,28,32H,21H2,1H3,(H,34,35,36). The predicted molar refractivity (Wildman–Crippen MR) is 151 cm³/mol. The smallest absolute Gasteiger partial charge is 0.226 e. The summed E-state index contributed by atoms with van der Waals surface area (Å²) in [7, 11) is 0. The van der Waals surface area contributed by atoms with Gasteiger partial charge in [0.2, 0.25) is 5.95 Å². The summed E-state index contributed by atoms with van der Waals surface area (Å²) in [4.78, 5) is 18.3. The van der Waals surface area contributed by atoms with E-state index in [1.807, 2.05) is 90.5 Å². The fourth-order valence-electron chi connectivity index (χ4n) is 5.28. The minimum absolute atomic E-state index is 0.106. The van der Waals surface area contributed by atoms with Crippen LogP contribution in [0.4, 0.5) is 5.95 Å². The lowest BCUT2D eigenvalue weighted by molar-refractivity contribution is 0.0976. The molecular formula is C33H28N4O. The molecule has 186 valence electrons. The Labute approximate surface area is 222 Å². The topological polar surface area (TPSA) is 59.8 Å². The SMILES string of the molecule is Cc1ccc(C(=O)CC(C2=C(c3ccccc3)Nc3ncnn3C2c2ccccc2)c2ccccc2)cc1. The van der Waals surface area contributed by atoms with Crippen molar-refractivity contribution < 1.29 is 4.79 Å². The van der Waals surface area contributed by atoms with Gasteiger partial charge in [0.05, 0.1) is 5.70 Å². The van der Waals surface area contributed by atoms with Crippen LogP contribution in [0, 0.1) is 6.92 Å². The summed E-state index contributed by atoms with van der Waals surface area (Å²) < 4.78 is 1.93. The zero-order valence-electron chi connectivity index (χ0n) is 21.2. The maximum Gasteiger partial charge on any atom is 0.226 e. The number of hydrogen-bond acceptors (Lipinski definition) is 4. The fraction of sp³-hybridized carbons (Fsp3) is 0.121. The maximum atomic E-state index is 13.8. The maximum absolute atomic E-state index is 13.8. The van der Waals surface area contributed by atoms with Crippen LogP contribution in [0.25, 0.3) is 5.70 Å². The van der Waals surface area contributed by atoms with Crippen molar-refractivity contribution in [1.82, 2.24) is 14.8 Å². The van der Waals surface area contributed by atoms with Crippen LogP contribution in [0.3, 0.4) is 0 Å². The molecule has 0 saturated heterocycles. The molecule has 2 heterocycles. The quantitative estimate of drug-likeness (QED) is 0.245. The van der Waals surface area contributed by atoms with Crippen LogP contribution < -0.4 is 5.32 Å². The van der Waals surface area contributed by atoms with Crippen LogP contribution in [0.5, 0.6) is 0 Å².